The van der Waals surface area contributed by atoms with Crippen LogP contribution in [0.3, 0.4) is 0 Å². The lowest BCUT2D eigenvalue weighted by atomic mass is 10.1. The molecule has 5 heteroatoms. The van der Waals surface area contributed by atoms with Crippen molar-refractivity contribution in [3.63, 3.8) is 0 Å². The molecule has 2 aromatic rings. The van der Waals surface area contributed by atoms with Crippen LogP contribution >= 0.6 is 0 Å². The van der Waals surface area contributed by atoms with Gasteiger partial charge >= 0.3 is 0 Å². The normalized spacial score (nSPS) is 22.2. The summed E-state index contributed by atoms with van der Waals surface area (Å²) in [6, 6.07) is 13.3. The highest BCUT2D eigenvalue weighted by molar-refractivity contribution is 7.89. The molecule has 4 nitrogen and oxygen atoms in total. The van der Waals surface area contributed by atoms with Crippen LogP contribution in [0.5, 0.6) is 0 Å². The molecule has 1 heterocycles. The average molecular weight is 372 g/mol. The van der Waals surface area contributed by atoms with Gasteiger partial charge in [-0.05, 0) is 37.5 Å². The number of nitrogens with zero attached hydrogens (tertiary/aromatic N) is 1. The smallest absolute Gasteiger partial charge is 0.244 e. The molecule has 1 aliphatic heterocycles. The second kappa shape index (κ2) is 7.35. The highest BCUT2D eigenvalue weighted by Crippen LogP contribution is 2.39. The lowest BCUT2D eigenvalue weighted by molar-refractivity contribution is 0.118. The molecule has 3 atom stereocenters. The zero-order valence-electron chi connectivity index (χ0n) is 15.5. The second-order valence-electron chi connectivity index (χ2n) is 6.86. The number of sulfonamides is 1. The van der Waals surface area contributed by atoms with E-state index >= 15 is 0 Å². The maximum absolute atomic E-state index is 13.2. The van der Waals surface area contributed by atoms with Gasteiger partial charge in [0.1, 0.15) is 0 Å². The van der Waals surface area contributed by atoms with Gasteiger partial charge in [0.25, 0.3) is 0 Å². The minimum atomic E-state index is -3.57. The molecule has 0 radical (unpaired) electrons. The van der Waals surface area contributed by atoms with Crippen molar-refractivity contribution in [1.82, 2.24) is 4.31 Å². The molecule has 0 N–H and O–H groups in total. The van der Waals surface area contributed by atoms with E-state index < -0.39 is 10.0 Å². The Kier molecular flexibility index (Phi) is 5.32. The number of ether oxygens (including phenoxy) is 1. The fourth-order valence-electron chi connectivity index (χ4n) is 3.60. The van der Waals surface area contributed by atoms with Gasteiger partial charge in [0.15, 0.2) is 0 Å². The summed E-state index contributed by atoms with van der Waals surface area (Å²) in [6.07, 6.45) is 1.69. The molecule has 2 aromatic carbocycles. The molecule has 0 aromatic heterocycles. The van der Waals surface area contributed by atoms with Gasteiger partial charge in [-0.1, -0.05) is 54.1 Å². The Morgan fingerprint density at radius 1 is 1.12 bits per heavy atom. The number of aryl methyl sites for hydroxylation is 3. The number of rotatable bonds is 7. The molecule has 1 saturated heterocycles. The molecule has 1 fully saturated rings. The van der Waals surface area contributed by atoms with E-state index in [0.29, 0.717) is 18.1 Å². The SMILES string of the molecule is C=C[C@@H]1[C@H](COCc2ccccc2)N1S(=O)(=O)c1c(C)cc(C)cc1C. The van der Waals surface area contributed by atoms with Crippen molar-refractivity contribution in [2.24, 2.45) is 0 Å². The molecule has 0 spiro atoms. The third-order valence-corrected chi connectivity index (χ3v) is 6.94. The number of hydrogen-bond donors (Lipinski definition) is 0. The molecule has 0 aliphatic carbocycles. The largest absolute Gasteiger partial charge is 0.375 e. The highest BCUT2D eigenvalue weighted by atomic mass is 32.2. The van der Waals surface area contributed by atoms with Crippen LogP contribution in [-0.2, 0) is 21.4 Å². The standard InChI is InChI=1S/C21H25NO3S/c1-5-19-20(14-25-13-18-9-7-6-8-10-18)22(19)26(23,24)21-16(3)11-15(2)12-17(21)4/h5-12,19-20H,1,13-14H2,2-4H3/t19-,20+,22?/m1/s1. The van der Waals surface area contributed by atoms with Crippen molar-refractivity contribution in [1.29, 1.82) is 0 Å². The fourth-order valence-corrected chi connectivity index (χ4v) is 5.78. The Bertz CT molecular complexity index is 883. The first-order valence-corrected chi connectivity index (χ1v) is 10.2. The minimum Gasteiger partial charge on any atom is -0.375 e. The van der Waals surface area contributed by atoms with Gasteiger partial charge < -0.3 is 4.74 Å². The van der Waals surface area contributed by atoms with Gasteiger partial charge in [-0.3, -0.25) is 0 Å². The predicted octanol–water partition coefficient (Wildman–Crippen LogP) is 3.76. The van der Waals surface area contributed by atoms with Gasteiger partial charge in [-0.15, -0.1) is 6.58 Å². The van der Waals surface area contributed by atoms with Crippen LogP contribution in [0.1, 0.15) is 22.3 Å². The Labute approximate surface area is 156 Å². The molecule has 0 bridgehead atoms. The van der Waals surface area contributed by atoms with Crippen LogP contribution in [0.15, 0.2) is 60.0 Å². The molecule has 0 saturated carbocycles. The van der Waals surface area contributed by atoms with E-state index in [0.717, 1.165) is 22.3 Å². The van der Waals surface area contributed by atoms with Crippen molar-refractivity contribution in [3.8, 4) is 0 Å². The first-order chi connectivity index (χ1) is 12.4. The molecular formula is C21H25NO3S. The first kappa shape index (κ1) is 18.8. The van der Waals surface area contributed by atoms with E-state index in [4.69, 9.17) is 4.74 Å². The van der Waals surface area contributed by atoms with E-state index in [2.05, 4.69) is 6.58 Å². The van der Waals surface area contributed by atoms with Crippen LogP contribution in [-0.4, -0.2) is 31.4 Å². The quantitative estimate of drug-likeness (QED) is 0.550. The molecule has 1 unspecified atom stereocenters. The van der Waals surface area contributed by atoms with Crippen molar-refractivity contribution in [2.75, 3.05) is 6.61 Å². The van der Waals surface area contributed by atoms with E-state index in [1.807, 2.05) is 63.2 Å². The molecule has 0 amide bonds. The van der Waals surface area contributed by atoms with Gasteiger partial charge in [-0.2, -0.15) is 4.31 Å². The number of benzene rings is 2. The third kappa shape index (κ3) is 3.61. The van der Waals surface area contributed by atoms with E-state index in [-0.39, 0.29) is 12.1 Å². The van der Waals surface area contributed by atoms with Crippen LogP contribution in [0.4, 0.5) is 0 Å². The van der Waals surface area contributed by atoms with Crippen LogP contribution in [0, 0.1) is 20.8 Å². The zero-order chi connectivity index (χ0) is 18.9. The van der Waals surface area contributed by atoms with Gasteiger partial charge in [0, 0.05) is 0 Å². The van der Waals surface area contributed by atoms with E-state index in [1.54, 1.807) is 6.08 Å². The fraction of sp³-hybridized carbons (Fsp3) is 0.333. The van der Waals surface area contributed by atoms with Crippen molar-refractivity contribution in [2.45, 2.75) is 44.4 Å². The summed E-state index contributed by atoms with van der Waals surface area (Å²) in [5.74, 6) is 0. The van der Waals surface area contributed by atoms with Crippen molar-refractivity contribution in [3.05, 3.63) is 77.4 Å². The maximum atomic E-state index is 13.2. The van der Waals surface area contributed by atoms with Crippen LogP contribution in [0.25, 0.3) is 0 Å². The zero-order valence-corrected chi connectivity index (χ0v) is 16.3. The van der Waals surface area contributed by atoms with Crippen LogP contribution < -0.4 is 0 Å². The Balaban J connectivity index is 1.75. The Hall–Kier alpha value is -1.95. The van der Waals surface area contributed by atoms with Crippen molar-refractivity contribution >= 4 is 10.0 Å². The molecule has 1 aliphatic rings. The maximum Gasteiger partial charge on any atom is 0.244 e. The van der Waals surface area contributed by atoms with Gasteiger partial charge in [0.2, 0.25) is 10.0 Å². The summed E-state index contributed by atoms with van der Waals surface area (Å²) >= 11 is 0. The minimum absolute atomic E-state index is 0.193. The average Bonchev–Trinajstić information content (AvgIpc) is 3.29. The number of hydrogen-bond acceptors (Lipinski definition) is 3. The van der Waals surface area contributed by atoms with Crippen molar-refractivity contribution < 1.29 is 13.2 Å². The predicted molar refractivity (Wildman–Crippen MR) is 104 cm³/mol. The first-order valence-electron chi connectivity index (χ1n) is 8.72. The lowest BCUT2D eigenvalue weighted by Crippen LogP contribution is -2.19. The van der Waals surface area contributed by atoms with E-state index in [1.165, 1.54) is 4.31 Å². The topological polar surface area (TPSA) is 46.4 Å². The summed E-state index contributed by atoms with van der Waals surface area (Å²) in [6.45, 7) is 10.3. The Morgan fingerprint density at radius 2 is 1.73 bits per heavy atom. The summed E-state index contributed by atoms with van der Waals surface area (Å²) in [5, 5.41) is 0. The summed E-state index contributed by atoms with van der Waals surface area (Å²) < 4.78 is 33.6. The van der Waals surface area contributed by atoms with Gasteiger partial charge in [0.05, 0.1) is 30.2 Å². The van der Waals surface area contributed by atoms with Gasteiger partial charge in [-0.25, -0.2) is 8.42 Å². The summed E-state index contributed by atoms with van der Waals surface area (Å²) in [5.41, 5.74) is 3.69. The Morgan fingerprint density at radius 3 is 2.31 bits per heavy atom. The molecule has 3 rings (SSSR count). The molecular weight excluding hydrogens is 346 g/mol. The summed E-state index contributed by atoms with van der Waals surface area (Å²) in [4.78, 5) is 0.403. The third-order valence-electron chi connectivity index (χ3n) is 4.71. The molecule has 26 heavy (non-hydrogen) atoms. The van der Waals surface area contributed by atoms with E-state index in [9.17, 15) is 8.42 Å². The summed E-state index contributed by atoms with van der Waals surface area (Å²) in [7, 11) is -3.57. The molecule has 138 valence electrons. The lowest BCUT2D eigenvalue weighted by Gasteiger charge is -2.13. The monoisotopic (exact) mass is 371 g/mol. The van der Waals surface area contributed by atoms with Crippen LogP contribution in [0.2, 0.25) is 0 Å². The highest BCUT2D eigenvalue weighted by Gasteiger charge is 2.54. The second-order valence-corrected chi connectivity index (χ2v) is 8.64.